The van der Waals surface area contributed by atoms with Crippen LogP contribution in [-0.2, 0) is 10.0 Å². The van der Waals surface area contributed by atoms with Gasteiger partial charge >= 0.3 is 0 Å². The van der Waals surface area contributed by atoms with E-state index in [9.17, 15) is 13.5 Å². The predicted molar refractivity (Wildman–Crippen MR) is 79.1 cm³/mol. The number of hydrogen-bond donors (Lipinski definition) is 3. The molecule has 0 radical (unpaired) electrons. The first kappa shape index (κ1) is 15.1. The number of rotatable bonds is 4. The Kier molecular flexibility index (Phi) is 4.22. The lowest BCUT2D eigenvalue weighted by Crippen LogP contribution is -2.25. The summed E-state index contributed by atoms with van der Waals surface area (Å²) in [5.74, 6) is 0.193. The van der Waals surface area contributed by atoms with Crippen LogP contribution in [0.2, 0.25) is 0 Å². The van der Waals surface area contributed by atoms with E-state index in [4.69, 9.17) is 5.73 Å². The lowest BCUT2D eigenvalue weighted by molar-refractivity contribution is 0.136. The Morgan fingerprint density at radius 1 is 1.50 bits per heavy atom. The zero-order valence-corrected chi connectivity index (χ0v) is 12.5. The van der Waals surface area contributed by atoms with Gasteiger partial charge in [0.2, 0.25) is 10.0 Å². The molecule has 1 aromatic carbocycles. The molecule has 1 fully saturated rings. The van der Waals surface area contributed by atoms with Gasteiger partial charge in [0.05, 0.1) is 22.4 Å². The number of nitrogens with two attached hydrogens (primary N) is 1. The number of nitrogen functional groups attached to an aromatic ring is 1. The van der Waals surface area contributed by atoms with Gasteiger partial charge in [0.1, 0.15) is 0 Å². The lowest BCUT2D eigenvalue weighted by atomic mass is 10.0. The van der Waals surface area contributed by atoms with Gasteiger partial charge in [-0.1, -0.05) is 0 Å². The number of anilines is 2. The molecule has 1 saturated heterocycles. The molecular weight excluding hydrogens is 278 g/mol. The third kappa shape index (κ3) is 2.89. The number of aliphatic hydroxyl groups is 1. The first-order chi connectivity index (χ1) is 9.35. The summed E-state index contributed by atoms with van der Waals surface area (Å²) in [6, 6.07) is 4.69. The standard InChI is InChI=1S/C13H21N3O3S/c1-9(17)10-5-6-16(8-10)13-7-11(3-4-12(13)14)20(18,19)15-2/h3-4,7,9-10,15,17H,5-6,8,14H2,1-2H3. The van der Waals surface area contributed by atoms with Crippen LogP contribution in [0.3, 0.4) is 0 Å². The molecule has 6 nitrogen and oxygen atoms in total. The van der Waals surface area contributed by atoms with Crippen molar-refractivity contribution in [2.45, 2.75) is 24.3 Å². The molecule has 112 valence electrons. The molecule has 0 saturated carbocycles. The van der Waals surface area contributed by atoms with Crippen molar-refractivity contribution in [2.24, 2.45) is 5.92 Å². The summed E-state index contributed by atoms with van der Waals surface area (Å²) in [5, 5.41) is 9.64. The average molecular weight is 299 g/mol. The first-order valence-corrected chi connectivity index (χ1v) is 8.09. The first-order valence-electron chi connectivity index (χ1n) is 6.61. The van der Waals surface area contributed by atoms with E-state index in [1.54, 1.807) is 19.1 Å². The largest absolute Gasteiger partial charge is 0.397 e. The monoisotopic (exact) mass is 299 g/mol. The van der Waals surface area contributed by atoms with Gasteiger partial charge in [0.25, 0.3) is 0 Å². The highest BCUT2D eigenvalue weighted by Crippen LogP contribution is 2.31. The SMILES string of the molecule is CNS(=O)(=O)c1ccc(N)c(N2CCC(C(C)O)C2)c1. The molecule has 0 amide bonds. The highest BCUT2D eigenvalue weighted by molar-refractivity contribution is 7.89. The molecule has 0 spiro atoms. The van der Waals surface area contributed by atoms with Crippen LogP contribution in [0.4, 0.5) is 11.4 Å². The van der Waals surface area contributed by atoms with E-state index < -0.39 is 10.0 Å². The normalized spacial score (nSPS) is 21.1. The predicted octanol–water partition coefficient (Wildman–Crippen LogP) is 0.384. The van der Waals surface area contributed by atoms with Gasteiger partial charge in [0.15, 0.2) is 0 Å². The van der Waals surface area contributed by atoms with Crippen molar-refractivity contribution in [3.05, 3.63) is 18.2 Å². The molecule has 1 aromatic rings. The molecule has 0 bridgehead atoms. The second-order valence-corrected chi connectivity index (χ2v) is 7.05. The maximum atomic E-state index is 11.8. The topological polar surface area (TPSA) is 95.7 Å². The van der Waals surface area contributed by atoms with Crippen LogP contribution in [0.15, 0.2) is 23.1 Å². The van der Waals surface area contributed by atoms with Gasteiger partial charge in [-0.05, 0) is 38.6 Å². The third-order valence-electron chi connectivity index (χ3n) is 3.83. The zero-order chi connectivity index (χ0) is 14.9. The maximum Gasteiger partial charge on any atom is 0.240 e. The molecule has 1 aliphatic rings. The summed E-state index contributed by atoms with van der Waals surface area (Å²) in [6.45, 7) is 3.23. The van der Waals surface area contributed by atoms with Crippen molar-refractivity contribution in [3.8, 4) is 0 Å². The molecule has 1 heterocycles. The van der Waals surface area contributed by atoms with Crippen molar-refractivity contribution >= 4 is 21.4 Å². The summed E-state index contributed by atoms with van der Waals surface area (Å²) in [5.41, 5.74) is 7.22. The van der Waals surface area contributed by atoms with E-state index in [0.717, 1.165) is 13.0 Å². The summed E-state index contributed by atoms with van der Waals surface area (Å²) in [6.07, 6.45) is 0.505. The van der Waals surface area contributed by atoms with E-state index in [2.05, 4.69) is 4.72 Å². The molecule has 2 unspecified atom stereocenters. The van der Waals surface area contributed by atoms with Crippen molar-refractivity contribution < 1.29 is 13.5 Å². The number of nitrogens with zero attached hydrogens (tertiary/aromatic N) is 1. The molecular formula is C13H21N3O3S. The second-order valence-electron chi connectivity index (χ2n) is 5.16. The molecule has 20 heavy (non-hydrogen) atoms. The van der Waals surface area contributed by atoms with Crippen LogP contribution in [0.25, 0.3) is 0 Å². The van der Waals surface area contributed by atoms with E-state index in [0.29, 0.717) is 17.9 Å². The molecule has 1 aliphatic heterocycles. The van der Waals surface area contributed by atoms with Gasteiger partial charge in [0, 0.05) is 19.0 Å². The number of aliphatic hydroxyl groups excluding tert-OH is 1. The summed E-state index contributed by atoms with van der Waals surface area (Å²) >= 11 is 0. The minimum atomic E-state index is -3.48. The second kappa shape index (κ2) is 5.59. The molecule has 2 atom stereocenters. The highest BCUT2D eigenvalue weighted by atomic mass is 32.2. The average Bonchev–Trinajstić information content (AvgIpc) is 2.88. The Hall–Kier alpha value is -1.31. The van der Waals surface area contributed by atoms with E-state index in [-0.39, 0.29) is 16.9 Å². The zero-order valence-electron chi connectivity index (χ0n) is 11.7. The quantitative estimate of drug-likeness (QED) is 0.699. The highest BCUT2D eigenvalue weighted by Gasteiger charge is 2.27. The van der Waals surface area contributed by atoms with Crippen molar-refractivity contribution in [2.75, 3.05) is 30.8 Å². The Bertz CT molecular complexity index is 587. The van der Waals surface area contributed by atoms with E-state index in [1.165, 1.54) is 13.1 Å². The van der Waals surface area contributed by atoms with Gasteiger partial charge in [-0.15, -0.1) is 0 Å². The Morgan fingerprint density at radius 3 is 2.75 bits per heavy atom. The lowest BCUT2D eigenvalue weighted by Gasteiger charge is -2.22. The van der Waals surface area contributed by atoms with Crippen LogP contribution in [-0.4, -0.2) is 39.8 Å². The van der Waals surface area contributed by atoms with E-state index in [1.807, 2.05) is 4.90 Å². The fraction of sp³-hybridized carbons (Fsp3) is 0.538. The van der Waals surface area contributed by atoms with Crippen molar-refractivity contribution in [1.29, 1.82) is 0 Å². The number of benzene rings is 1. The Morgan fingerprint density at radius 2 is 2.20 bits per heavy atom. The number of sulfonamides is 1. The van der Waals surface area contributed by atoms with Crippen molar-refractivity contribution in [3.63, 3.8) is 0 Å². The molecule has 2 rings (SSSR count). The number of nitrogens with one attached hydrogen (secondary N) is 1. The van der Waals surface area contributed by atoms with Gasteiger partial charge in [-0.2, -0.15) is 0 Å². The van der Waals surface area contributed by atoms with Gasteiger partial charge < -0.3 is 15.7 Å². The van der Waals surface area contributed by atoms with Gasteiger partial charge in [-0.25, -0.2) is 13.1 Å². The van der Waals surface area contributed by atoms with Crippen LogP contribution in [0, 0.1) is 5.92 Å². The molecule has 4 N–H and O–H groups in total. The molecule has 7 heteroatoms. The smallest absolute Gasteiger partial charge is 0.240 e. The number of hydrogen-bond acceptors (Lipinski definition) is 5. The van der Waals surface area contributed by atoms with E-state index >= 15 is 0 Å². The summed E-state index contributed by atoms with van der Waals surface area (Å²) in [4.78, 5) is 2.23. The molecule has 0 aliphatic carbocycles. The summed E-state index contributed by atoms with van der Waals surface area (Å²) < 4.78 is 26.0. The van der Waals surface area contributed by atoms with Gasteiger partial charge in [-0.3, -0.25) is 0 Å². The Balaban J connectivity index is 2.31. The van der Waals surface area contributed by atoms with Crippen molar-refractivity contribution in [1.82, 2.24) is 4.72 Å². The summed E-state index contributed by atoms with van der Waals surface area (Å²) in [7, 11) is -2.10. The molecule has 0 aromatic heterocycles. The Labute approximate surface area is 119 Å². The van der Waals surface area contributed by atoms with Crippen LogP contribution < -0.4 is 15.4 Å². The minimum absolute atomic E-state index is 0.193. The maximum absolute atomic E-state index is 11.8. The van der Waals surface area contributed by atoms with Crippen LogP contribution >= 0.6 is 0 Å². The third-order valence-corrected chi connectivity index (χ3v) is 5.24. The minimum Gasteiger partial charge on any atom is -0.397 e. The fourth-order valence-electron chi connectivity index (χ4n) is 2.48. The fourth-order valence-corrected chi connectivity index (χ4v) is 3.23. The van der Waals surface area contributed by atoms with Crippen LogP contribution in [0.5, 0.6) is 0 Å². The van der Waals surface area contributed by atoms with Crippen LogP contribution in [0.1, 0.15) is 13.3 Å².